The normalized spacial score (nSPS) is 12.0. The quantitative estimate of drug-likeness (QED) is 0.530. The van der Waals surface area contributed by atoms with Gasteiger partial charge in [-0.3, -0.25) is 0 Å². The smallest absolute Gasteiger partial charge is 0.0679 e. The Morgan fingerprint density at radius 2 is 1.33 bits per heavy atom. The number of rotatable bonds is 10. The molecule has 0 atom stereocenters. The molecule has 0 fully saturated rings. The molecule has 1 heteroatoms. The summed E-state index contributed by atoms with van der Waals surface area (Å²) < 4.78 is 0. The molecule has 1 nitrogen and oxygen atoms in total. The molecule has 0 aromatic rings. The van der Waals surface area contributed by atoms with E-state index in [0.29, 0.717) is 0 Å². The predicted molar refractivity (Wildman–Crippen MR) is 67.8 cm³/mol. The minimum Gasteiger partial charge on any atom is -0.390 e. The van der Waals surface area contributed by atoms with Crippen molar-refractivity contribution in [3.8, 4) is 0 Å². The molecule has 0 saturated heterocycles. The zero-order valence-electron chi connectivity index (χ0n) is 10.9. The summed E-state index contributed by atoms with van der Waals surface area (Å²) in [6.45, 7) is 6.57. The van der Waals surface area contributed by atoms with Crippen molar-refractivity contribution in [1.29, 1.82) is 0 Å². The van der Waals surface area contributed by atoms with Crippen molar-refractivity contribution in [3.63, 3.8) is 0 Å². The van der Waals surface area contributed by atoms with Gasteiger partial charge >= 0.3 is 0 Å². The van der Waals surface area contributed by atoms with E-state index in [9.17, 15) is 5.11 Å². The Kier molecular flexibility index (Phi) is 9.18. The molecule has 0 spiro atoms. The first-order valence-electron chi connectivity index (χ1n) is 6.75. The summed E-state index contributed by atoms with van der Waals surface area (Å²) in [5.41, 5.74) is -0.471. The SMILES string of the molecule is CCCC[CH]C(O)(CCCC)CCCC. The summed E-state index contributed by atoms with van der Waals surface area (Å²) in [5, 5.41) is 10.4. The van der Waals surface area contributed by atoms with Crippen LogP contribution in [0.5, 0.6) is 0 Å². The van der Waals surface area contributed by atoms with Gasteiger partial charge in [0.1, 0.15) is 0 Å². The molecule has 91 valence electrons. The van der Waals surface area contributed by atoms with Gasteiger partial charge in [0.2, 0.25) is 0 Å². The van der Waals surface area contributed by atoms with Crippen LogP contribution in [0.2, 0.25) is 0 Å². The Labute approximate surface area is 96.3 Å². The lowest BCUT2D eigenvalue weighted by Gasteiger charge is -2.28. The molecule has 1 radical (unpaired) electrons. The fourth-order valence-electron chi connectivity index (χ4n) is 1.87. The monoisotopic (exact) mass is 213 g/mol. The Bertz CT molecular complexity index is 123. The summed E-state index contributed by atoms with van der Waals surface area (Å²) in [7, 11) is 0. The van der Waals surface area contributed by atoms with Gasteiger partial charge in [-0.1, -0.05) is 59.3 Å². The van der Waals surface area contributed by atoms with Gasteiger partial charge in [0.25, 0.3) is 0 Å². The van der Waals surface area contributed by atoms with Gasteiger partial charge in [-0.25, -0.2) is 0 Å². The second-order valence-electron chi connectivity index (χ2n) is 4.66. The van der Waals surface area contributed by atoms with Crippen molar-refractivity contribution in [1.82, 2.24) is 0 Å². The molecule has 0 aromatic carbocycles. The third kappa shape index (κ3) is 7.84. The van der Waals surface area contributed by atoms with Gasteiger partial charge < -0.3 is 5.11 Å². The van der Waals surface area contributed by atoms with Crippen LogP contribution in [0.25, 0.3) is 0 Å². The van der Waals surface area contributed by atoms with Crippen LogP contribution < -0.4 is 0 Å². The Morgan fingerprint density at radius 3 is 1.73 bits per heavy atom. The first-order chi connectivity index (χ1) is 7.18. The topological polar surface area (TPSA) is 20.2 Å². The minimum absolute atomic E-state index is 0.471. The number of hydrogen-bond donors (Lipinski definition) is 1. The highest BCUT2D eigenvalue weighted by molar-refractivity contribution is 4.92. The van der Waals surface area contributed by atoms with Gasteiger partial charge in [-0.15, -0.1) is 0 Å². The lowest BCUT2D eigenvalue weighted by Crippen LogP contribution is -2.29. The van der Waals surface area contributed by atoms with Crippen LogP contribution in [0.1, 0.15) is 78.6 Å². The largest absolute Gasteiger partial charge is 0.390 e. The van der Waals surface area contributed by atoms with Crippen molar-refractivity contribution >= 4 is 0 Å². The van der Waals surface area contributed by atoms with Gasteiger partial charge in [-0.05, 0) is 25.7 Å². The first kappa shape index (κ1) is 15.0. The molecule has 0 heterocycles. The maximum Gasteiger partial charge on any atom is 0.0679 e. The summed E-state index contributed by atoms with van der Waals surface area (Å²) in [4.78, 5) is 0. The lowest BCUT2D eigenvalue weighted by atomic mass is 9.86. The predicted octanol–water partition coefficient (Wildman–Crippen LogP) is 4.49. The van der Waals surface area contributed by atoms with Gasteiger partial charge in [0.05, 0.1) is 5.60 Å². The molecule has 0 bridgehead atoms. The summed E-state index contributed by atoms with van der Waals surface area (Å²) >= 11 is 0. The summed E-state index contributed by atoms with van der Waals surface area (Å²) in [6, 6.07) is 0. The zero-order chi connectivity index (χ0) is 11.6. The van der Waals surface area contributed by atoms with E-state index in [1.165, 1.54) is 25.7 Å². The van der Waals surface area contributed by atoms with E-state index in [4.69, 9.17) is 0 Å². The zero-order valence-corrected chi connectivity index (χ0v) is 10.9. The highest BCUT2D eigenvalue weighted by Gasteiger charge is 2.24. The average Bonchev–Trinajstić information content (AvgIpc) is 2.24. The molecule has 0 aliphatic heterocycles. The minimum atomic E-state index is -0.471. The van der Waals surface area contributed by atoms with E-state index < -0.39 is 5.60 Å². The third-order valence-electron chi connectivity index (χ3n) is 3.01. The van der Waals surface area contributed by atoms with Crippen molar-refractivity contribution < 1.29 is 5.11 Å². The van der Waals surface area contributed by atoms with E-state index in [1.807, 2.05) is 0 Å². The number of aliphatic hydroxyl groups is 1. The maximum absolute atomic E-state index is 10.4. The number of unbranched alkanes of at least 4 members (excludes halogenated alkanes) is 4. The Hall–Kier alpha value is -0.0400. The van der Waals surface area contributed by atoms with Crippen LogP contribution in [-0.2, 0) is 0 Å². The van der Waals surface area contributed by atoms with Crippen LogP contribution in [0.4, 0.5) is 0 Å². The van der Waals surface area contributed by atoms with Crippen LogP contribution in [0, 0.1) is 6.42 Å². The second-order valence-corrected chi connectivity index (χ2v) is 4.66. The summed E-state index contributed by atoms with van der Waals surface area (Å²) in [6.07, 6.45) is 12.2. The van der Waals surface area contributed by atoms with E-state index in [2.05, 4.69) is 27.2 Å². The Balaban J connectivity index is 3.89. The van der Waals surface area contributed by atoms with Crippen molar-refractivity contribution in [2.75, 3.05) is 0 Å². The van der Waals surface area contributed by atoms with Gasteiger partial charge in [0, 0.05) is 0 Å². The lowest BCUT2D eigenvalue weighted by molar-refractivity contribution is 0.0474. The molecule has 0 aromatic heterocycles. The second kappa shape index (κ2) is 9.21. The van der Waals surface area contributed by atoms with Crippen LogP contribution >= 0.6 is 0 Å². The maximum atomic E-state index is 10.4. The molecular weight excluding hydrogens is 184 g/mol. The molecule has 0 aliphatic carbocycles. The average molecular weight is 213 g/mol. The molecule has 0 saturated carbocycles. The molecule has 1 N–H and O–H groups in total. The molecule has 0 amide bonds. The molecule has 0 rings (SSSR count). The van der Waals surface area contributed by atoms with Crippen molar-refractivity contribution in [2.45, 2.75) is 84.2 Å². The standard InChI is InChI=1S/C14H29O/c1-4-7-10-13-14(15,11-8-5-2)12-9-6-3/h13,15H,4-12H2,1-3H3. The van der Waals surface area contributed by atoms with E-state index >= 15 is 0 Å². The third-order valence-corrected chi connectivity index (χ3v) is 3.01. The van der Waals surface area contributed by atoms with Crippen LogP contribution in [0.15, 0.2) is 0 Å². The molecule has 0 aliphatic rings. The van der Waals surface area contributed by atoms with Crippen molar-refractivity contribution in [2.24, 2.45) is 0 Å². The fourth-order valence-corrected chi connectivity index (χ4v) is 1.87. The van der Waals surface area contributed by atoms with Gasteiger partial charge in [-0.2, -0.15) is 0 Å². The molecule has 15 heavy (non-hydrogen) atoms. The van der Waals surface area contributed by atoms with Gasteiger partial charge in [0.15, 0.2) is 0 Å². The Morgan fingerprint density at radius 1 is 0.867 bits per heavy atom. The van der Waals surface area contributed by atoms with Crippen molar-refractivity contribution in [3.05, 3.63) is 6.42 Å². The highest BCUT2D eigenvalue weighted by atomic mass is 16.3. The fraction of sp³-hybridized carbons (Fsp3) is 0.929. The van der Waals surface area contributed by atoms with E-state index in [1.54, 1.807) is 0 Å². The van der Waals surface area contributed by atoms with E-state index in [-0.39, 0.29) is 0 Å². The molecule has 0 unspecified atom stereocenters. The van der Waals surface area contributed by atoms with Crippen LogP contribution in [-0.4, -0.2) is 10.7 Å². The van der Waals surface area contributed by atoms with Crippen LogP contribution in [0.3, 0.4) is 0 Å². The number of hydrogen-bond acceptors (Lipinski definition) is 1. The summed E-state index contributed by atoms with van der Waals surface area (Å²) in [5.74, 6) is 0. The first-order valence-corrected chi connectivity index (χ1v) is 6.75. The highest BCUT2D eigenvalue weighted by Crippen LogP contribution is 2.26. The van der Waals surface area contributed by atoms with E-state index in [0.717, 1.165) is 32.1 Å². The molecular formula is C14H29O.